The largest absolute Gasteiger partial charge is 0.490 e. The number of alkyl halides is 1. The molecule has 7 nitrogen and oxygen atoms in total. The van der Waals surface area contributed by atoms with Crippen LogP contribution in [0.1, 0.15) is 36.0 Å². The lowest BCUT2D eigenvalue weighted by Crippen LogP contribution is -2.64. The zero-order valence-electron chi connectivity index (χ0n) is 16.7. The van der Waals surface area contributed by atoms with E-state index in [9.17, 15) is 19.1 Å². The Labute approximate surface area is 172 Å². The first kappa shape index (κ1) is 21.0. The Morgan fingerprint density at radius 1 is 1.31 bits per heavy atom. The van der Waals surface area contributed by atoms with E-state index >= 15 is 0 Å². The van der Waals surface area contributed by atoms with Gasteiger partial charge in [-0.3, -0.25) is 0 Å². The van der Waals surface area contributed by atoms with Crippen molar-refractivity contribution in [1.82, 2.24) is 9.88 Å². The molecule has 1 aliphatic heterocycles. The molecule has 0 aliphatic carbocycles. The van der Waals surface area contributed by atoms with Crippen LogP contribution in [0.5, 0.6) is 5.75 Å². The van der Waals surface area contributed by atoms with E-state index in [-0.39, 0.29) is 31.0 Å². The van der Waals surface area contributed by atoms with Crippen LogP contribution in [-0.4, -0.2) is 58.0 Å². The maximum Gasteiger partial charge on any atom is 0.410 e. The summed E-state index contributed by atoms with van der Waals surface area (Å²) in [6, 6.07) is 4.49. The Balaban J connectivity index is 1.67. The number of carbonyl (C=O) groups excluding carboxylic acids is 1. The van der Waals surface area contributed by atoms with Crippen LogP contribution in [0, 0.1) is 6.92 Å². The Hall–Kier alpha value is -2.68. The van der Waals surface area contributed by atoms with Crippen LogP contribution in [0.15, 0.2) is 24.4 Å². The lowest BCUT2D eigenvalue weighted by molar-refractivity contribution is -0.0685. The Kier molecular flexibility index (Phi) is 5.53. The normalized spacial score (nSPS) is 15.6. The van der Waals surface area contributed by atoms with Gasteiger partial charge in [0.1, 0.15) is 23.0 Å². The number of ether oxygens (including phenoxy) is 2. The maximum absolute atomic E-state index is 14.8. The number of amides is 1. The fourth-order valence-corrected chi connectivity index (χ4v) is 3.57. The number of aromatic carboxylic acids is 1. The van der Waals surface area contributed by atoms with Gasteiger partial charge in [0.05, 0.1) is 18.7 Å². The molecule has 2 aromatic rings. The summed E-state index contributed by atoms with van der Waals surface area (Å²) in [7, 11) is 0. The second-order valence-electron chi connectivity index (χ2n) is 8.10. The Morgan fingerprint density at radius 2 is 2.00 bits per heavy atom. The summed E-state index contributed by atoms with van der Waals surface area (Å²) in [6.45, 7) is 6.55. The molecule has 1 aromatic heterocycles. The van der Waals surface area contributed by atoms with E-state index < -0.39 is 23.3 Å². The van der Waals surface area contributed by atoms with Crippen molar-refractivity contribution in [2.24, 2.45) is 0 Å². The molecule has 9 heteroatoms. The summed E-state index contributed by atoms with van der Waals surface area (Å²) in [5.74, 6) is -0.875. The van der Waals surface area contributed by atoms with E-state index in [4.69, 9.17) is 9.47 Å². The van der Waals surface area contributed by atoms with E-state index in [1.165, 1.54) is 28.4 Å². The monoisotopic (exact) mass is 422 g/mol. The van der Waals surface area contributed by atoms with Crippen LogP contribution in [0.2, 0.25) is 0 Å². The van der Waals surface area contributed by atoms with Gasteiger partial charge in [-0.1, -0.05) is 0 Å². The van der Waals surface area contributed by atoms with Gasteiger partial charge in [0.15, 0.2) is 5.67 Å². The lowest BCUT2D eigenvalue weighted by Gasteiger charge is -2.43. The highest BCUT2D eigenvalue weighted by Crippen LogP contribution is 2.32. The molecule has 1 N–H and O–H groups in total. The fraction of sp³-hybridized carbons (Fsp3) is 0.450. The molecule has 3 rings (SSSR count). The van der Waals surface area contributed by atoms with Crippen molar-refractivity contribution in [3.8, 4) is 16.3 Å². The quantitative estimate of drug-likeness (QED) is 0.779. The van der Waals surface area contributed by atoms with Gasteiger partial charge in [0, 0.05) is 16.6 Å². The van der Waals surface area contributed by atoms with Gasteiger partial charge in [-0.2, -0.15) is 0 Å². The van der Waals surface area contributed by atoms with Gasteiger partial charge in [-0.15, -0.1) is 11.3 Å². The zero-order chi connectivity index (χ0) is 21.4. The lowest BCUT2D eigenvalue weighted by atomic mass is 9.98. The number of benzene rings is 1. The topological polar surface area (TPSA) is 89.0 Å². The number of aryl methyl sites for hydroxylation is 1. The van der Waals surface area contributed by atoms with E-state index in [1.807, 2.05) is 6.92 Å². The average Bonchev–Trinajstić information content (AvgIpc) is 3.02. The zero-order valence-corrected chi connectivity index (χ0v) is 17.5. The van der Waals surface area contributed by atoms with Crippen LogP contribution in [0.3, 0.4) is 0 Å². The molecule has 156 valence electrons. The summed E-state index contributed by atoms with van der Waals surface area (Å²) in [6.07, 6.45) is 1.13. The van der Waals surface area contributed by atoms with Crippen molar-refractivity contribution in [3.05, 3.63) is 34.8 Å². The second-order valence-corrected chi connectivity index (χ2v) is 9.34. The maximum atomic E-state index is 14.8. The number of hydrogen-bond acceptors (Lipinski definition) is 6. The van der Waals surface area contributed by atoms with Gasteiger partial charge in [0.2, 0.25) is 0 Å². The number of carbonyl (C=O) groups is 2. The number of nitrogens with zero attached hydrogens (tertiary/aromatic N) is 2. The van der Waals surface area contributed by atoms with Gasteiger partial charge in [0.25, 0.3) is 0 Å². The molecule has 0 unspecified atom stereocenters. The number of thiazole rings is 1. The summed E-state index contributed by atoms with van der Waals surface area (Å²) in [5.41, 5.74) is -1.74. The second kappa shape index (κ2) is 7.62. The molecule has 0 spiro atoms. The number of halogens is 1. The first-order chi connectivity index (χ1) is 13.4. The molecular formula is C20H23FN2O5S. The van der Waals surface area contributed by atoms with Crippen molar-refractivity contribution in [2.75, 3.05) is 19.7 Å². The molecule has 1 fully saturated rings. The summed E-state index contributed by atoms with van der Waals surface area (Å²) < 4.78 is 25.6. The molecule has 0 bridgehead atoms. The average molecular weight is 422 g/mol. The first-order valence-electron chi connectivity index (χ1n) is 9.05. The third-order valence-electron chi connectivity index (χ3n) is 4.12. The van der Waals surface area contributed by atoms with Crippen molar-refractivity contribution in [2.45, 2.75) is 39.0 Å². The number of aromatic nitrogens is 1. The molecule has 1 saturated heterocycles. The number of likely N-dealkylation sites (tertiary alicyclic amines) is 1. The number of carboxylic acids is 1. The highest BCUT2D eigenvalue weighted by atomic mass is 32.1. The number of rotatable bonds is 5. The van der Waals surface area contributed by atoms with Crippen molar-refractivity contribution >= 4 is 23.4 Å². The summed E-state index contributed by atoms with van der Waals surface area (Å²) in [4.78, 5) is 29.9. The minimum Gasteiger partial charge on any atom is -0.490 e. The van der Waals surface area contributed by atoms with Crippen molar-refractivity contribution in [1.29, 1.82) is 0 Å². The van der Waals surface area contributed by atoms with Gasteiger partial charge in [-0.25, -0.2) is 19.0 Å². The molecule has 29 heavy (non-hydrogen) atoms. The van der Waals surface area contributed by atoms with Gasteiger partial charge in [-0.05, 0) is 45.9 Å². The predicted octanol–water partition coefficient (Wildman–Crippen LogP) is 4.15. The van der Waals surface area contributed by atoms with Gasteiger partial charge >= 0.3 is 12.1 Å². The Bertz CT molecular complexity index is 931. The van der Waals surface area contributed by atoms with E-state index in [0.717, 1.165) is 4.88 Å². The van der Waals surface area contributed by atoms with Crippen molar-refractivity contribution < 1.29 is 28.6 Å². The summed E-state index contributed by atoms with van der Waals surface area (Å²) >= 11 is 1.43. The minimum absolute atomic E-state index is 0.0299. The van der Waals surface area contributed by atoms with E-state index in [0.29, 0.717) is 10.6 Å². The molecule has 1 aliphatic rings. The molecule has 1 aromatic carbocycles. The highest BCUT2D eigenvalue weighted by molar-refractivity contribution is 7.14. The molecule has 1 amide bonds. The Morgan fingerprint density at radius 3 is 2.55 bits per heavy atom. The predicted molar refractivity (Wildman–Crippen MR) is 106 cm³/mol. The highest BCUT2D eigenvalue weighted by Gasteiger charge is 2.48. The third-order valence-corrected chi connectivity index (χ3v) is 5.08. The summed E-state index contributed by atoms with van der Waals surface area (Å²) in [5, 5.41) is 10.0. The third kappa shape index (κ3) is 5.23. The fourth-order valence-electron chi connectivity index (χ4n) is 2.81. The van der Waals surface area contributed by atoms with Crippen LogP contribution in [0.4, 0.5) is 9.18 Å². The van der Waals surface area contributed by atoms with E-state index in [2.05, 4.69) is 4.98 Å². The van der Waals surface area contributed by atoms with E-state index in [1.54, 1.807) is 33.0 Å². The minimum atomic E-state index is -1.71. The molecule has 0 radical (unpaired) electrons. The smallest absolute Gasteiger partial charge is 0.410 e. The van der Waals surface area contributed by atoms with Crippen LogP contribution in [0.25, 0.3) is 10.6 Å². The van der Waals surface area contributed by atoms with Crippen LogP contribution >= 0.6 is 11.3 Å². The number of carboxylic acid groups (broad SMARTS) is 1. The first-order valence-corrected chi connectivity index (χ1v) is 9.87. The molecular weight excluding hydrogens is 399 g/mol. The van der Waals surface area contributed by atoms with Crippen molar-refractivity contribution in [3.63, 3.8) is 0 Å². The van der Waals surface area contributed by atoms with Crippen LogP contribution in [-0.2, 0) is 4.74 Å². The number of hydrogen-bond donors (Lipinski definition) is 1. The SMILES string of the molecule is Cc1cnc(-c2cc(OCC3(F)CN(C(=O)OC(C)(C)C)C3)cc(C(=O)O)c2)s1. The standard InChI is InChI=1S/C20H23FN2O5S/c1-12-8-22-16(29-12)13-5-14(17(24)25)7-15(6-13)27-11-20(21)9-23(10-20)18(26)28-19(2,3)4/h5-8H,9-11H2,1-4H3,(H,24,25). The van der Waals surface area contributed by atoms with Gasteiger partial charge < -0.3 is 19.5 Å². The molecule has 2 heterocycles. The molecule has 0 atom stereocenters. The van der Waals surface area contributed by atoms with Crippen LogP contribution < -0.4 is 4.74 Å². The molecule has 0 saturated carbocycles.